The van der Waals surface area contributed by atoms with Crippen molar-refractivity contribution in [2.45, 2.75) is 25.8 Å². The van der Waals surface area contributed by atoms with Gasteiger partial charge in [0.1, 0.15) is 12.4 Å². The highest BCUT2D eigenvalue weighted by Gasteiger charge is 2.10. The minimum atomic E-state index is 0.427. The summed E-state index contributed by atoms with van der Waals surface area (Å²) >= 11 is 0. The van der Waals surface area contributed by atoms with Crippen LogP contribution in [0.25, 0.3) is 0 Å². The van der Waals surface area contributed by atoms with Crippen LogP contribution in [-0.2, 0) is 13.0 Å². The van der Waals surface area contributed by atoms with Crippen LogP contribution in [0, 0.1) is 0 Å². The van der Waals surface area contributed by atoms with E-state index in [4.69, 9.17) is 19.9 Å². The van der Waals surface area contributed by atoms with E-state index in [-0.39, 0.29) is 0 Å². The van der Waals surface area contributed by atoms with E-state index >= 15 is 0 Å². The maximum atomic E-state index is 6.00. The number of rotatable bonds is 11. The SMILES string of the molecule is COc1ccc(CN=C(N)NCCc2ccc(OCCN3CCCC3)cc2)cc1OC. The average Bonchev–Trinajstić information content (AvgIpc) is 3.32. The summed E-state index contributed by atoms with van der Waals surface area (Å²) in [5.41, 5.74) is 8.23. The Morgan fingerprint density at radius 1 is 1.00 bits per heavy atom. The molecule has 0 spiro atoms. The number of guanidine groups is 1. The molecule has 0 saturated carbocycles. The summed E-state index contributed by atoms with van der Waals surface area (Å²) in [5, 5.41) is 3.17. The van der Waals surface area contributed by atoms with Gasteiger partial charge in [-0.15, -0.1) is 0 Å². The number of benzene rings is 2. The van der Waals surface area contributed by atoms with Gasteiger partial charge >= 0.3 is 0 Å². The molecule has 168 valence electrons. The van der Waals surface area contributed by atoms with Crippen LogP contribution >= 0.6 is 0 Å². The van der Waals surface area contributed by atoms with E-state index in [9.17, 15) is 0 Å². The fraction of sp³-hybridized carbons (Fsp3) is 0.458. The number of hydrogen-bond acceptors (Lipinski definition) is 5. The third-order valence-corrected chi connectivity index (χ3v) is 5.40. The van der Waals surface area contributed by atoms with Crippen LogP contribution in [-0.4, -0.2) is 57.9 Å². The Labute approximate surface area is 185 Å². The van der Waals surface area contributed by atoms with Crippen molar-refractivity contribution in [1.82, 2.24) is 10.2 Å². The number of nitrogens with two attached hydrogens (primary N) is 1. The van der Waals surface area contributed by atoms with Gasteiger partial charge in [-0.05, 0) is 67.7 Å². The first-order valence-electron chi connectivity index (χ1n) is 10.9. The first-order valence-corrected chi connectivity index (χ1v) is 10.9. The lowest BCUT2D eigenvalue weighted by atomic mass is 10.1. The number of nitrogens with zero attached hydrogens (tertiary/aromatic N) is 2. The van der Waals surface area contributed by atoms with E-state index < -0.39 is 0 Å². The highest BCUT2D eigenvalue weighted by molar-refractivity contribution is 5.77. The molecule has 7 nitrogen and oxygen atoms in total. The third kappa shape index (κ3) is 7.36. The van der Waals surface area contributed by atoms with Crippen LogP contribution in [0.2, 0.25) is 0 Å². The Morgan fingerprint density at radius 3 is 2.42 bits per heavy atom. The van der Waals surface area contributed by atoms with Crippen molar-refractivity contribution in [3.63, 3.8) is 0 Å². The topological polar surface area (TPSA) is 81.3 Å². The van der Waals surface area contributed by atoms with Gasteiger partial charge in [0.05, 0.1) is 20.8 Å². The summed E-state index contributed by atoms with van der Waals surface area (Å²) in [4.78, 5) is 6.86. The number of ether oxygens (including phenoxy) is 3. The van der Waals surface area contributed by atoms with Crippen LogP contribution < -0.4 is 25.3 Å². The van der Waals surface area contributed by atoms with Crippen LogP contribution in [0.4, 0.5) is 0 Å². The maximum absolute atomic E-state index is 6.00. The molecule has 0 aliphatic carbocycles. The Kier molecular flexibility index (Phi) is 8.84. The second-order valence-electron chi connectivity index (χ2n) is 7.61. The van der Waals surface area contributed by atoms with Crippen molar-refractivity contribution in [2.75, 3.05) is 47.0 Å². The molecule has 0 unspecified atom stereocenters. The maximum Gasteiger partial charge on any atom is 0.188 e. The molecule has 3 rings (SSSR count). The van der Waals surface area contributed by atoms with Crippen LogP contribution in [0.15, 0.2) is 47.5 Å². The van der Waals surface area contributed by atoms with E-state index in [2.05, 4.69) is 27.3 Å². The zero-order valence-electron chi connectivity index (χ0n) is 18.6. The average molecular weight is 427 g/mol. The summed E-state index contributed by atoms with van der Waals surface area (Å²) in [6.45, 7) is 5.35. The van der Waals surface area contributed by atoms with Gasteiger partial charge in [-0.3, -0.25) is 4.90 Å². The first-order chi connectivity index (χ1) is 15.2. The first kappa shape index (κ1) is 22.7. The molecule has 2 aromatic rings. The molecule has 2 aromatic carbocycles. The lowest BCUT2D eigenvalue weighted by Gasteiger charge is -2.15. The summed E-state index contributed by atoms with van der Waals surface area (Å²) < 4.78 is 16.4. The number of nitrogens with one attached hydrogen (secondary N) is 1. The van der Waals surface area contributed by atoms with E-state index in [1.807, 2.05) is 30.3 Å². The van der Waals surface area contributed by atoms with Crippen molar-refractivity contribution in [3.05, 3.63) is 53.6 Å². The lowest BCUT2D eigenvalue weighted by Crippen LogP contribution is -2.33. The predicted octanol–water partition coefficient (Wildman–Crippen LogP) is 2.83. The Morgan fingerprint density at radius 2 is 1.71 bits per heavy atom. The van der Waals surface area contributed by atoms with Gasteiger partial charge in [-0.25, -0.2) is 4.99 Å². The smallest absolute Gasteiger partial charge is 0.188 e. The highest BCUT2D eigenvalue weighted by Crippen LogP contribution is 2.27. The zero-order valence-corrected chi connectivity index (χ0v) is 18.6. The van der Waals surface area contributed by atoms with Crippen molar-refractivity contribution in [1.29, 1.82) is 0 Å². The van der Waals surface area contributed by atoms with Gasteiger partial charge in [0.15, 0.2) is 17.5 Å². The Hall–Kier alpha value is -2.93. The Bertz CT molecular complexity index is 833. The second kappa shape index (κ2) is 12.1. The molecule has 1 fully saturated rings. The molecule has 1 heterocycles. The monoisotopic (exact) mass is 426 g/mol. The summed E-state index contributed by atoms with van der Waals surface area (Å²) in [6.07, 6.45) is 3.49. The quantitative estimate of drug-likeness (QED) is 0.425. The van der Waals surface area contributed by atoms with E-state index in [0.717, 1.165) is 37.4 Å². The molecule has 3 N–H and O–H groups in total. The minimum absolute atomic E-state index is 0.427. The molecular weight excluding hydrogens is 392 g/mol. The summed E-state index contributed by atoms with van der Waals surface area (Å²) in [7, 11) is 3.24. The fourth-order valence-electron chi connectivity index (χ4n) is 3.60. The van der Waals surface area contributed by atoms with Crippen molar-refractivity contribution in [2.24, 2.45) is 10.7 Å². The van der Waals surface area contributed by atoms with Gasteiger partial charge in [0, 0.05) is 13.1 Å². The standard InChI is InChI=1S/C24H34N4O3/c1-29-22-10-7-20(17-23(22)30-2)18-27-24(25)26-12-11-19-5-8-21(9-6-19)31-16-15-28-13-3-4-14-28/h5-10,17H,3-4,11-16,18H2,1-2H3,(H3,25,26,27). The fourth-order valence-corrected chi connectivity index (χ4v) is 3.60. The molecule has 31 heavy (non-hydrogen) atoms. The summed E-state index contributed by atoms with van der Waals surface area (Å²) in [5.74, 6) is 2.73. The summed E-state index contributed by atoms with van der Waals surface area (Å²) in [6, 6.07) is 14.0. The highest BCUT2D eigenvalue weighted by atomic mass is 16.5. The van der Waals surface area contributed by atoms with Crippen LogP contribution in [0.1, 0.15) is 24.0 Å². The number of hydrogen-bond donors (Lipinski definition) is 2. The second-order valence-corrected chi connectivity index (χ2v) is 7.61. The molecule has 0 radical (unpaired) electrons. The molecule has 1 saturated heterocycles. The largest absolute Gasteiger partial charge is 0.493 e. The molecule has 1 aliphatic heterocycles. The molecule has 7 heteroatoms. The van der Waals surface area contributed by atoms with E-state index in [0.29, 0.717) is 24.0 Å². The van der Waals surface area contributed by atoms with Crippen LogP contribution in [0.5, 0.6) is 17.2 Å². The molecule has 1 aliphatic rings. The number of methoxy groups -OCH3 is 2. The van der Waals surface area contributed by atoms with E-state index in [1.54, 1.807) is 14.2 Å². The molecule has 0 atom stereocenters. The lowest BCUT2D eigenvalue weighted by molar-refractivity contribution is 0.238. The third-order valence-electron chi connectivity index (χ3n) is 5.40. The number of aliphatic imine (C=N–C) groups is 1. The van der Waals surface area contributed by atoms with Gasteiger partial charge in [-0.2, -0.15) is 0 Å². The van der Waals surface area contributed by atoms with E-state index in [1.165, 1.54) is 31.5 Å². The zero-order chi connectivity index (χ0) is 21.9. The van der Waals surface area contributed by atoms with Crippen molar-refractivity contribution < 1.29 is 14.2 Å². The predicted molar refractivity (Wildman–Crippen MR) is 124 cm³/mol. The van der Waals surface area contributed by atoms with Crippen molar-refractivity contribution >= 4 is 5.96 Å². The van der Waals surface area contributed by atoms with Crippen LogP contribution in [0.3, 0.4) is 0 Å². The van der Waals surface area contributed by atoms with Gasteiger partial charge < -0.3 is 25.3 Å². The molecule has 0 amide bonds. The van der Waals surface area contributed by atoms with Gasteiger partial charge in [0.25, 0.3) is 0 Å². The molecule has 0 aromatic heterocycles. The number of likely N-dealkylation sites (tertiary alicyclic amines) is 1. The molecular formula is C24H34N4O3. The Balaban J connectivity index is 1.37. The van der Waals surface area contributed by atoms with Crippen molar-refractivity contribution in [3.8, 4) is 17.2 Å². The molecule has 0 bridgehead atoms. The van der Waals surface area contributed by atoms with Gasteiger partial charge in [-0.1, -0.05) is 18.2 Å². The minimum Gasteiger partial charge on any atom is -0.493 e. The normalized spacial score (nSPS) is 14.5. The van der Waals surface area contributed by atoms with Gasteiger partial charge in [0.2, 0.25) is 0 Å².